The van der Waals surface area contributed by atoms with Gasteiger partial charge in [-0.1, -0.05) is 11.3 Å². The Hall–Kier alpha value is -3.34. The van der Waals surface area contributed by atoms with Crippen LogP contribution in [0.1, 0.15) is 35.3 Å². The van der Waals surface area contributed by atoms with E-state index in [9.17, 15) is 9.59 Å². The standard InChI is InChI=1S/C21H25N5O5S/c1-29-15-9-13(10-16(30-2)18(15)31-3)12-22-19(28)14-11-17(27)23-20-26(14)24-21(32-20)25-7-5-4-6-8-25/h9-11H,4-8,12H2,1-3H3,(H,22,28). The Morgan fingerprint density at radius 3 is 2.38 bits per heavy atom. The van der Waals surface area contributed by atoms with Crippen molar-refractivity contribution >= 4 is 27.3 Å². The Morgan fingerprint density at radius 1 is 1.06 bits per heavy atom. The van der Waals surface area contributed by atoms with E-state index in [4.69, 9.17) is 14.2 Å². The lowest BCUT2D eigenvalue weighted by Gasteiger charge is -2.25. The van der Waals surface area contributed by atoms with Crippen molar-refractivity contribution in [1.82, 2.24) is 19.9 Å². The lowest BCUT2D eigenvalue weighted by molar-refractivity contribution is 0.0943. The highest BCUT2D eigenvalue weighted by Gasteiger charge is 2.20. The van der Waals surface area contributed by atoms with Gasteiger partial charge in [0.1, 0.15) is 5.69 Å². The number of nitrogens with one attached hydrogen (secondary N) is 1. The first-order valence-electron chi connectivity index (χ1n) is 10.3. The van der Waals surface area contributed by atoms with Crippen molar-refractivity contribution in [3.8, 4) is 17.2 Å². The summed E-state index contributed by atoms with van der Waals surface area (Å²) in [5, 5.41) is 8.17. The first kappa shape index (κ1) is 21.9. The molecule has 3 aromatic rings. The van der Waals surface area contributed by atoms with Crippen LogP contribution in [0.25, 0.3) is 4.96 Å². The Kier molecular flexibility index (Phi) is 6.45. The molecule has 0 saturated carbocycles. The average molecular weight is 460 g/mol. The van der Waals surface area contributed by atoms with Crippen LogP contribution >= 0.6 is 11.3 Å². The number of benzene rings is 1. The average Bonchev–Trinajstić information content (AvgIpc) is 3.25. The number of aromatic nitrogens is 3. The second kappa shape index (κ2) is 9.43. The monoisotopic (exact) mass is 459 g/mol. The largest absolute Gasteiger partial charge is 0.493 e. The molecule has 0 unspecified atom stereocenters. The first-order chi connectivity index (χ1) is 15.5. The molecular formula is C21H25N5O5S. The molecule has 0 aliphatic carbocycles. The predicted octanol–water partition coefficient (Wildman–Crippen LogP) is 2.10. The molecule has 32 heavy (non-hydrogen) atoms. The maximum Gasteiger partial charge on any atom is 0.274 e. The molecule has 3 heterocycles. The van der Waals surface area contributed by atoms with E-state index in [1.807, 2.05) is 0 Å². The summed E-state index contributed by atoms with van der Waals surface area (Å²) >= 11 is 1.32. The number of amides is 1. The molecule has 11 heteroatoms. The van der Waals surface area contributed by atoms with Crippen molar-refractivity contribution in [2.24, 2.45) is 0 Å². The summed E-state index contributed by atoms with van der Waals surface area (Å²) < 4.78 is 17.5. The molecule has 4 rings (SSSR count). The van der Waals surface area contributed by atoms with Gasteiger partial charge in [0.25, 0.3) is 11.5 Å². The lowest BCUT2D eigenvalue weighted by atomic mass is 10.1. The summed E-state index contributed by atoms with van der Waals surface area (Å²) in [6.45, 7) is 2.01. The molecule has 1 aliphatic heterocycles. The number of fused-ring (bicyclic) bond motifs is 1. The van der Waals surface area contributed by atoms with Crippen molar-refractivity contribution in [1.29, 1.82) is 0 Å². The van der Waals surface area contributed by atoms with Crippen LogP contribution in [0, 0.1) is 0 Å². The molecule has 0 atom stereocenters. The second-order valence-electron chi connectivity index (χ2n) is 7.32. The van der Waals surface area contributed by atoms with E-state index in [1.54, 1.807) is 12.1 Å². The fourth-order valence-electron chi connectivity index (χ4n) is 3.69. The fourth-order valence-corrected chi connectivity index (χ4v) is 4.65. The molecule has 0 spiro atoms. The maximum absolute atomic E-state index is 13.0. The predicted molar refractivity (Wildman–Crippen MR) is 120 cm³/mol. The van der Waals surface area contributed by atoms with Crippen molar-refractivity contribution in [2.45, 2.75) is 25.8 Å². The summed E-state index contributed by atoms with van der Waals surface area (Å²) in [7, 11) is 4.59. The summed E-state index contributed by atoms with van der Waals surface area (Å²) in [6, 6.07) is 4.72. The highest BCUT2D eigenvalue weighted by Crippen LogP contribution is 2.38. The normalized spacial score (nSPS) is 13.8. The highest BCUT2D eigenvalue weighted by molar-refractivity contribution is 7.20. The smallest absolute Gasteiger partial charge is 0.274 e. The van der Waals surface area contributed by atoms with Gasteiger partial charge in [0.15, 0.2) is 11.5 Å². The van der Waals surface area contributed by atoms with Crippen LogP contribution in [0.5, 0.6) is 17.2 Å². The number of carbonyl (C=O) groups excluding carboxylic acids is 1. The zero-order valence-electron chi connectivity index (χ0n) is 18.2. The molecule has 0 bridgehead atoms. The van der Waals surface area contributed by atoms with E-state index >= 15 is 0 Å². The highest BCUT2D eigenvalue weighted by atomic mass is 32.1. The van der Waals surface area contributed by atoms with Gasteiger partial charge >= 0.3 is 0 Å². The van der Waals surface area contributed by atoms with Gasteiger partial charge in [-0.05, 0) is 37.0 Å². The second-order valence-corrected chi connectivity index (χ2v) is 8.26. The third-order valence-electron chi connectivity index (χ3n) is 5.28. The van der Waals surface area contributed by atoms with Crippen LogP contribution in [0.2, 0.25) is 0 Å². The van der Waals surface area contributed by atoms with Gasteiger partial charge in [-0.25, -0.2) is 0 Å². The van der Waals surface area contributed by atoms with Crippen LogP contribution in [-0.4, -0.2) is 54.9 Å². The van der Waals surface area contributed by atoms with Crippen LogP contribution in [-0.2, 0) is 6.54 Å². The van der Waals surface area contributed by atoms with Gasteiger partial charge in [0.2, 0.25) is 15.8 Å². The molecule has 1 amide bonds. The third-order valence-corrected chi connectivity index (χ3v) is 6.25. The quantitative estimate of drug-likeness (QED) is 0.572. The van der Waals surface area contributed by atoms with E-state index in [0.29, 0.717) is 22.2 Å². The Bertz CT molecular complexity index is 1160. The van der Waals surface area contributed by atoms with E-state index < -0.39 is 11.5 Å². The summed E-state index contributed by atoms with van der Waals surface area (Å²) in [4.78, 5) is 31.7. The van der Waals surface area contributed by atoms with E-state index in [0.717, 1.165) is 36.6 Å². The van der Waals surface area contributed by atoms with Crippen molar-refractivity contribution in [3.05, 3.63) is 39.8 Å². The topological polar surface area (TPSA) is 107 Å². The zero-order chi connectivity index (χ0) is 22.7. The number of hydrogen-bond acceptors (Lipinski definition) is 9. The minimum atomic E-state index is -0.475. The molecule has 10 nitrogen and oxygen atoms in total. The number of carbonyl (C=O) groups is 1. The fraction of sp³-hybridized carbons (Fsp3) is 0.429. The number of piperidine rings is 1. The van der Waals surface area contributed by atoms with Crippen LogP contribution < -0.4 is 30.0 Å². The molecule has 170 valence electrons. The number of nitrogens with zero attached hydrogens (tertiary/aromatic N) is 4. The molecule has 0 radical (unpaired) electrons. The summed E-state index contributed by atoms with van der Waals surface area (Å²) in [5.41, 5.74) is 0.418. The number of anilines is 1. The number of rotatable bonds is 7. The van der Waals surface area contributed by atoms with E-state index in [1.165, 1.54) is 49.7 Å². The SMILES string of the molecule is COc1cc(CNC(=O)c2cc(=O)nc3sc(N4CCCCC4)nn23)cc(OC)c1OC. The van der Waals surface area contributed by atoms with Gasteiger partial charge in [0, 0.05) is 25.7 Å². The van der Waals surface area contributed by atoms with Gasteiger partial charge in [-0.2, -0.15) is 9.50 Å². The summed E-state index contributed by atoms with van der Waals surface area (Å²) in [5.74, 6) is 1.03. The third kappa shape index (κ3) is 4.33. The number of methoxy groups -OCH3 is 3. The molecular weight excluding hydrogens is 434 g/mol. The van der Waals surface area contributed by atoms with E-state index in [-0.39, 0.29) is 12.2 Å². The minimum absolute atomic E-state index is 0.145. The molecule has 1 fully saturated rings. The Labute approximate surface area is 188 Å². The van der Waals surface area contributed by atoms with Crippen LogP contribution in [0.3, 0.4) is 0 Å². The number of hydrogen-bond donors (Lipinski definition) is 1. The van der Waals surface area contributed by atoms with Crippen LogP contribution in [0.4, 0.5) is 5.13 Å². The molecule has 1 saturated heterocycles. The Balaban J connectivity index is 1.59. The number of ether oxygens (including phenoxy) is 3. The molecule has 2 aromatic heterocycles. The molecule has 1 N–H and O–H groups in total. The van der Waals surface area contributed by atoms with Gasteiger partial charge < -0.3 is 24.4 Å². The molecule has 1 aliphatic rings. The van der Waals surface area contributed by atoms with Crippen molar-refractivity contribution < 1.29 is 19.0 Å². The molecule has 1 aromatic carbocycles. The van der Waals surface area contributed by atoms with Crippen molar-refractivity contribution in [3.63, 3.8) is 0 Å². The van der Waals surface area contributed by atoms with Crippen molar-refractivity contribution in [2.75, 3.05) is 39.3 Å². The van der Waals surface area contributed by atoms with Crippen LogP contribution in [0.15, 0.2) is 23.0 Å². The minimum Gasteiger partial charge on any atom is -0.493 e. The van der Waals surface area contributed by atoms with E-state index in [2.05, 4.69) is 20.3 Å². The van der Waals surface area contributed by atoms with Gasteiger partial charge in [-0.15, -0.1) is 5.10 Å². The first-order valence-corrected chi connectivity index (χ1v) is 11.1. The van der Waals surface area contributed by atoms with Gasteiger partial charge in [0.05, 0.1) is 21.3 Å². The lowest BCUT2D eigenvalue weighted by Crippen LogP contribution is -2.30. The Morgan fingerprint density at radius 2 is 1.75 bits per heavy atom. The summed E-state index contributed by atoms with van der Waals surface area (Å²) in [6.07, 6.45) is 3.40. The zero-order valence-corrected chi connectivity index (χ0v) is 19.0. The maximum atomic E-state index is 13.0. The van der Waals surface area contributed by atoms with Gasteiger partial charge in [-0.3, -0.25) is 9.59 Å².